The molecule has 6 heteroatoms. The molecule has 0 aliphatic heterocycles. The van der Waals surface area contributed by atoms with Crippen molar-refractivity contribution >= 4 is 28.3 Å². The number of nitrogens with zero attached hydrogens (tertiary/aromatic N) is 2. The second-order valence-electron chi connectivity index (χ2n) is 3.79. The minimum absolute atomic E-state index is 0.234. The first-order valence-electron chi connectivity index (χ1n) is 5.52. The molecule has 2 heterocycles. The maximum absolute atomic E-state index is 11.0. The van der Waals surface area contributed by atoms with Gasteiger partial charge in [-0.1, -0.05) is 6.92 Å². The van der Waals surface area contributed by atoms with Gasteiger partial charge in [-0.3, -0.25) is 0 Å². The minimum Gasteiger partial charge on any atom is -0.478 e. The van der Waals surface area contributed by atoms with Crippen LogP contribution in [0.2, 0.25) is 0 Å². The molecule has 0 aliphatic carbocycles. The highest BCUT2D eigenvalue weighted by atomic mass is 32.1. The van der Waals surface area contributed by atoms with E-state index in [2.05, 4.69) is 15.3 Å². The van der Waals surface area contributed by atoms with Crippen molar-refractivity contribution in [3.63, 3.8) is 0 Å². The topological polar surface area (TPSA) is 75.1 Å². The van der Waals surface area contributed by atoms with Gasteiger partial charge >= 0.3 is 5.97 Å². The maximum atomic E-state index is 11.0. The molecule has 0 saturated heterocycles. The molecule has 2 aromatic heterocycles. The Balaban J connectivity index is 2.32. The molecule has 0 aromatic carbocycles. The average Bonchev–Trinajstić information content (AvgIpc) is 2.74. The number of hydrogen-bond acceptors (Lipinski definition) is 5. The van der Waals surface area contributed by atoms with Gasteiger partial charge in [0.15, 0.2) is 5.13 Å². The normalized spacial score (nSPS) is 10.3. The SMILES string of the molecule is CCc1cc(C(=O)O)cc(Nc2ncc(C)s2)n1. The summed E-state index contributed by atoms with van der Waals surface area (Å²) in [4.78, 5) is 20.6. The number of carboxylic acids is 1. The van der Waals surface area contributed by atoms with Crippen LogP contribution in [0, 0.1) is 6.92 Å². The molecule has 0 saturated carbocycles. The third kappa shape index (κ3) is 2.84. The van der Waals surface area contributed by atoms with Gasteiger partial charge in [0, 0.05) is 16.8 Å². The van der Waals surface area contributed by atoms with Gasteiger partial charge in [0.05, 0.1) is 5.56 Å². The molecule has 0 amide bonds. The zero-order chi connectivity index (χ0) is 13.1. The van der Waals surface area contributed by atoms with E-state index in [1.54, 1.807) is 12.3 Å². The number of pyridine rings is 1. The molecule has 2 aromatic rings. The smallest absolute Gasteiger partial charge is 0.335 e. The molecule has 5 nitrogen and oxygen atoms in total. The van der Waals surface area contributed by atoms with Gasteiger partial charge in [-0.15, -0.1) is 11.3 Å². The molecule has 0 spiro atoms. The lowest BCUT2D eigenvalue weighted by Crippen LogP contribution is -2.03. The fraction of sp³-hybridized carbons (Fsp3) is 0.250. The van der Waals surface area contributed by atoms with Crippen molar-refractivity contribution in [3.8, 4) is 0 Å². The third-order valence-electron chi connectivity index (χ3n) is 2.34. The number of anilines is 2. The Labute approximate surface area is 109 Å². The summed E-state index contributed by atoms with van der Waals surface area (Å²) in [6, 6.07) is 3.10. The van der Waals surface area contributed by atoms with E-state index in [0.29, 0.717) is 17.4 Å². The van der Waals surface area contributed by atoms with Crippen molar-refractivity contribution in [2.45, 2.75) is 20.3 Å². The van der Waals surface area contributed by atoms with Crippen LogP contribution >= 0.6 is 11.3 Å². The number of rotatable bonds is 4. The van der Waals surface area contributed by atoms with Gasteiger partial charge in [0.2, 0.25) is 0 Å². The van der Waals surface area contributed by atoms with Crippen LogP contribution in [0.25, 0.3) is 0 Å². The van der Waals surface area contributed by atoms with Crippen LogP contribution in [0.1, 0.15) is 27.9 Å². The van der Waals surface area contributed by atoms with Crippen LogP contribution in [0.5, 0.6) is 0 Å². The number of aromatic carboxylic acids is 1. The number of aromatic nitrogens is 2. The van der Waals surface area contributed by atoms with Crippen molar-refractivity contribution in [1.82, 2.24) is 9.97 Å². The molecule has 0 bridgehead atoms. The van der Waals surface area contributed by atoms with Crippen molar-refractivity contribution in [3.05, 3.63) is 34.5 Å². The molecule has 2 rings (SSSR count). The third-order valence-corrected chi connectivity index (χ3v) is 3.17. The Bertz CT molecular complexity index is 580. The van der Waals surface area contributed by atoms with Crippen molar-refractivity contribution in [2.75, 3.05) is 5.32 Å². The first kappa shape index (κ1) is 12.5. The van der Waals surface area contributed by atoms with Crippen molar-refractivity contribution in [2.24, 2.45) is 0 Å². The molecule has 2 N–H and O–H groups in total. The number of nitrogens with one attached hydrogen (secondary N) is 1. The lowest BCUT2D eigenvalue weighted by atomic mass is 10.2. The Hall–Kier alpha value is -1.95. The van der Waals surface area contributed by atoms with E-state index in [1.807, 2.05) is 13.8 Å². The highest BCUT2D eigenvalue weighted by molar-refractivity contribution is 7.15. The zero-order valence-electron chi connectivity index (χ0n) is 10.1. The van der Waals surface area contributed by atoms with Gasteiger partial charge in [-0.25, -0.2) is 14.8 Å². The van der Waals surface area contributed by atoms with Gasteiger partial charge in [0.1, 0.15) is 5.82 Å². The molecule has 0 atom stereocenters. The summed E-state index contributed by atoms with van der Waals surface area (Å²) in [6.07, 6.45) is 2.45. The monoisotopic (exact) mass is 263 g/mol. The first-order chi connectivity index (χ1) is 8.58. The Morgan fingerprint density at radius 3 is 2.83 bits per heavy atom. The molecular weight excluding hydrogens is 250 g/mol. The number of thiazole rings is 1. The number of carboxylic acid groups (broad SMARTS) is 1. The Morgan fingerprint density at radius 2 is 2.28 bits per heavy atom. The van der Waals surface area contributed by atoms with E-state index in [1.165, 1.54) is 17.4 Å². The van der Waals surface area contributed by atoms with Crippen molar-refractivity contribution < 1.29 is 9.90 Å². The molecule has 0 unspecified atom stereocenters. The maximum Gasteiger partial charge on any atom is 0.335 e. The molecule has 18 heavy (non-hydrogen) atoms. The molecule has 0 radical (unpaired) electrons. The van der Waals surface area contributed by atoms with E-state index < -0.39 is 5.97 Å². The van der Waals surface area contributed by atoms with E-state index in [0.717, 1.165) is 10.6 Å². The molecular formula is C12H13N3O2S. The summed E-state index contributed by atoms with van der Waals surface area (Å²) in [6.45, 7) is 3.90. The van der Waals surface area contributed by atoms with Crippen LogP contribution < -0.4 is 5.32 Å². The van der Waals surface area contributed by atoms with E-state index in [4.69, 9.17) is 5.11 Å². The van der Waals surface area contributed by atoms with E-state index in [-0.39, 0.29) is 5.56 Å². The highest BCUT2D eigenvalue weighted by Crippen LogP contribution is 2.21. The van der Waals surface area contributed by atoms with Gasteiger partial charge in [-0.05, 0) is 25.5 Å². The van der Waals surface area contributed by atoms with Crippen LogP contribution in [-0.4, -0.2) is 21.0 Å². The summed E-state index contributed by atoms with van der Waals surface area (Å²) < 4.78 is 0. The number of aryl methyl sites for hydroxylation is 2. The van der Waals surface area contributed by atoms with E-state index in [9.17, 15) is 4.79 Å². The van der Waals surface area contributed by atoms with Gasteiger partial charge in [0.25, 0.3) is 0 Å². The fourth-order valence-corrected chi connectivity index (χ4v) is 2.15. The fourth-order valence-electron chi connectivity index (χ4n) is 1.48. The van der Waals surface area contributed by atoms with Gasteiger partial charge in [-0.2, -0.15) is 0 Å². The Morgan fingerprint density at radius 1 is 1.50 bits per heavy atom. The van der Waals surface area contributed by atoms with Crippen LogP contribution in [0.15, 0.2) is 18.3 Å². The summed E-state index contributed by atoms with van der Waals surface area (Å²) in [5.74, 6) is -0.438. The van der Waals surface area contributed by atoms with Crippen LogP contribution in [-0.2, 0) is 6.42 Å². The summed E-state index contributed by atoms with van der Waals surface area (Å²) >= 11 is 1.50. The van der Waals surface area contributed by atoms with E-state index >= 15 is 0 Å². The van der Waals surface area contributed by atoms with Gasteiger partial charge < -0.3 is 10.4 Å². The standard InChI is InChI=1S/C12H13N3O2S/c1-3-9-4-8(11(16)17)5-10(14-9)15-12-13-6-7(2)18-12/h4-6H,3H2,1-2H3,(H,16,17)(H,13,14,15). The number of carbonyl (C=O) groups is 1. The van der Waals surface area contributed by atoms with Crippen LogP contribution in [0.3, 0.4) is 0 Å². The molecule has 0 aliphatic rings. The van der Waals surface area contributed by atoms with Crippen LogP contribution in [0.4, 0.5) is 10.9 Å². The summed E-state index contributed by atoms with van der Waals surface area (Å²) in [5, 5.41) is 12.8. The molecule has 94 valence electrons. The predicted octanol–water partition coefficient (Wildman–Crippen LogP) is 2.85. The predicted molar refractivity (Wildman–Crippen MR) is 70.7 cm³/mol. The summed E-state index contributed by atoms with van der Waals surface area (Å²) in [7, 11) is 0. The average molecular weight is 263 g/mol. The lowest BCUT2D eigenvalue weighted by molar-refractivity contribution is 0.0696. The minimum atomic E-state index is -0.953. The summed E-state index contributed by atoms with van der Waals surface area (Å²) in [5.41, 5.74) is 0.975. The second-order valence-corrected chi connectivity index (χ2v) is 5.03. The Kier molecular flexibility index (Phi) is 3.57. The largest absolute Gasteiger partial charge is 0.478 e. The highest BCUT2D eigenvalue weighted by Gasteiger charge is 2.09. The van der Waals surface area contributed by atoms with Crippen molar-refractivity contribution in [1.29, 1.82) is 0 Å². The molecule has 0 fully saturated rings. The first-order valence-corrected chi connectivity index (χ1v) is 6.34. The zero-order valence-corrected chi connectivity index (χ0v) is 10.9. The second kappa shape index (κ2) is 5.14. The lowest BCUT2D eigenvalue weighted by Gasteiger charge is -2.06. The number of hydrogen-bond donors (Lipinski definition) is 2. The quantitative estimate of drug-likeness (QED) is 0.887.